The Morgan fingerprint density at radius 3 is 2.31 bits per heavy atom. The summed E-state index contributed by atoms with van der Waals surface area (Å²) >= 11 is 12.3. The van der Waals surface area contributed by atoms with Crippen molar-refractivity contribution in [2.45, 2.75) is 26.3 Å². The minimum Gasteiger partial charge on any atom is -0.352 e. The van der Waals surface area contributed by atoms with Crippen LogP contribution in [0.3, 0.4) is 0 Å². The molecule has 0 saturated carbocycles. The summed E-state index contributed by atoms with van der Waals surface area (Å²) in [5, 5.41) is 9.51. The average molecular weight is 526 g/mol. The predicted molar refractivity (Wildman–Crippen MR) is 144 cm³/mol. The van der Waals surface area contributed by atoms with Crippen LogP contribution in [0.4, 0.5) is 5.82 Å². The number of rotatable bonds is 7. The largest absolute Gasteiger partial charge is 0.352 e. The van der Waals surface area contributed by atoms with Crippen molar-refractivity contribution in [3.8, 4) is 11.3 Å². The van der Waals surface area contributed by atoms with Crippen LogP contribution in [0.15, 0.2) is 60.7 Å². The molecule has 3 aromatic rings. The van der Waals surface area contributed by atoms with Crippen LogP contribution >= 0.6 is 23.2 Å². The lowest BCUT2D eigenvalue weighted by Crippen LogP contribution is -2.53. The van der Waals surface area contributed by atoms with Crippen molar-refractivity contribution >= 4 is 40.8 Å². The molecule has 1 aliphatic heterocycles. The van der Waals surface area contributed by atoms with Crippen LogP contribution in [0.1, 0.15) is 30.6 Å². The smallest absolute Gasteiger partial charge is 0.256 e. The molecule has 1 aromatic heterocycles. The first-order chi connectivity index (χ1) is 17.4. The second-order valence-corrected chi connectivity index (χ2v) is 9.67. The topological polar surface area (TPSA) is 69.6 Å². The third kappa shape index (κ3) is 5.97. The number of carbonyl (C=O) groups excluding carboxylic acids is 2. The summed E-state index contributed by atoms with van der Waals surface area (Å²) < 4.78 is 0. The van der Waals surface area contributed by atoms with Gasteiger partial charge in [-0.15, -0.1) is 10.2 Å². The molecule has 4 rings (SSSR count). The second kappa shape index (κ2) is 11.7. The van der Waals surface area contributed by atoms with Crippen molar-refractivity contribution in [3.63, 3.8) is 0 Å². The van der Waals surface area contributed by atoms with Gasteiger partial charge in [-0.3, -0.25) is 9.59 Å². The van der Waals surface area contributed by atoms with Gasteiger partial charge in [-0.05, 0) is 43.7 Å². The summed E-state index contributed by atoms with van der Waals surface area (Å²) in [6.07, 6.45) is 0.718. The third-order valence-electron chi connectivity index (χ3n) is 6.53. The normalized spacial score (nSPS) is 14.4. The fraction of sp³-hybridized carbons (Fsp3) is 0.333. The van der Waals surface area contributed by atoms with E-state index in [0.29, 0.717) is 36.8 Å². The van der Waals surface area contributed by atoms with E-state index in [0.717, 1.165) is 23.5 Å². The van der Waals surface area contributed by atoms with Gasteiger partial charge in [0.25, 0.3) is 5.91 Å². The minimum atomic E-state index is -0.271. The molecule has 2 aromatic carbocycles. The Morgan fingerprint density at radius 2 is 1.69 bits per heavy atom. The van der Waals surface area contributed by atoms with Crippen LogP contribution in [0.2, 0.25) is 10.0 Å². The molecule has 188 valence electrons. The van der Waals surface area contributed by atoms with Crippen LogP contribution in [0.5, 0.6) is 0 Å². The van der Waals surface area contributed by atoms with E-state index in [1.165, 1.54) is 0 Å². The van der Waals surface area contributed by atoms with Crippen LogP contribution in [0.25, 0.3) is 11.3 Å². The molecule has 0 aliphatic carbocycles. The van der Waals surface area contributed by atoms with Crippen LogP contribution in [0, 0.1) is 0 Å². The quantitative estimate of drug-likeness (QED) is 0.432. The molecule has 1 unspecified atom stereocenters. The molecule has 1 atom stereocenters. The Balaban J connectivity index is 1.38. The number of halogens is 2. The number of nitrogens with zero attached hydrogens (tertiary/aromatic N) is 5. The van der Waals surface area contributed by atoms with Crippen LogP contribution in [-0.2, 0) is 4.79 Å². The SMILES string of the molecule is CCC(C)N(CC(=O)N1CCN(c2ccc(-c3ccccc3)nn2)CC1)C(=O)c1ccc(Cl)cc1Cl. The van der Waals surface area contributed by atoms with Gasteiger partial charge in [0.1, 0.15) is 6.54 Å². The lowest BCUT2D eigenvalue weighted by Gasteiger charge is -2.37. The summed E-state index contributed by atoms with van der Waals surface area (Å²) in [6.45, 7) is 6.30. The first-order valence-corrected chi connectivity index (χ1v) is 12.8. The maximum atomic E-state index is 13.3. The first kappa shape index (κ1) is 25.9. The van der Waals surface area contributed by atoms with Gasteiger partial charge in [0.15, 0.2) is 5.82 Å². The van der Waals surface area contributed by atoms with Crippen LogP contribution < -0.4 is 4.90 Å². The molecule has 1 saturated heterocycles. The number of hydrogen-bond acceptors (Lipinski definition) is 5. The minimum absolute atomic E-state index is 0.00161. The third-order valence-corrected chi connectivity index (χ3v) is 7.08. The number of benzene rings is 2. The first-order valence-electron chi connectivity index (χ1n) is 12.0. The number of carbonyl (C=O) groups is 2. The lowest BCUT2D eigenvalue weighted by molar-refractivity contribution is -0.132. The van der Waals surface area contributed by atoms with E-state index in [4.69, 9.17) is 23.2 Å². The van der Waals surface area contributed by atoms with E-state index in [9.17, 15) is 9.59 Å². The van der Waals surface area contributed by atoms with E-state index in [-0.39, 0.29) is 29.4 Å². The molecule has 1 fully saturated rings. The highest BCUT2D eigenvalue weighted by Crippen LogP contribution is 2.24. The second-order valence-electron chi connectivity index (χ2n) is 8.83. The molecule has 0 bridgehead atoms. The maximum Gasteiger partial charge on any atom is 0.256 e. The van der Waals surface area contributed by atoms with Gasteiger partial charge in [0.05, 0.1) is 16.3 Å². The fourth-order valence-electron chi connectivity index (χ4n) is 4.15. The van der Waals surface area contributed by atoms with E-state index in [2.05, 4.69) is 15.1 Å². The molecule has 2 amide bonds. The van der Waals surface area contributed by atoms with E-state index in [1.54, 1.807) is 28.0 Å². The zero-order chi connectivity index (χ0) is 25.7. The fourth-order valence-corrected chi connectivity index (χ4v) is 4.64. The number of piperazine rings is 1. The van der Waals surface area contributed by atoms with Gasteiger partial charge in [-0.2, -0.15) is 0 Å². The van der Waals surface area contributed by atoms with Crippen molar-refractivity contribution in [3.05, 3.63) is 76.3 Å². The molecule has 2 heterocycles. The maximum absolute atomic E-state index is 13.3. The highest BCUT2D eigenvalue weighted by Gasteiger charge is 2.29. The number of hydrogen-bond donors (Lipinski definition) is 0. The van der Waals surface area contributed by atoms with Crippen LogP contribution in [-0.4, -0.2) is 70.6 Å². The van der Waals surface area contributed by atoms with Gasteiger partial charge >= 0.3 is 0 Å². The van der Waals surface area contributed by atoms with Gasteiger partial charge in [-0.1, -0.05) is 60.5 Å². The van der Waals surface area contributed by atoms with Crippen molar-refractivity contribution in [1.29, 1.82) is 0 Å². The molecule has 7 nitrogen and oxygen atoms in total. The van der Waals surface area contributed by atoms with Crippen molar-refractivity contribution < 1.29 is 9.59 Å². The Morgan fingerprint density at radius 1 is 0.972 bits per heavy atom. The Kier molecular flexibility index (Phi) is 8.44. The standard InChI is InChI=1S/C27H29Cl2N5O2/c1-3-19(2)34(27(36)22-10-9-21(28)17-23(22)29)18-26(35)33-15-13-32(14-16-33)25-12-11-24(30-31-25)20-7-5-4-6-8-20/h4-12,17,19H,3,13-16,18H2,1-2H3. The number of amides is 2. The Bertz CT molecular complexity index is 1200. The van der Waals surface area contributed by atoms with Gasteiger partial charge in [-0.25, -0.2) is 0 Å². The average Bonchev–Trinajstić information content (AvgIpc) is 2.91. The number of aromatic nitrogens is 2. The van der Waals surface area contributed by atoms with Crippen molar-refractivity contribution in [2.75, 3.05) is 37.6 Å². The lowest BCUT2D eigenvalue weighted by atomic mass is 10.1. The molecule has 36 heavy (non-hydrogen) atoms. The summed E-state index contributed by atoms with van der Waals surface area (Å²) in [6, 6.07) is 18.5. The monoisotopic (exact) mass is 525 g/mol. The molecule has 9 heteroatoms. The summed E-state index contributed by atoms with van der Waals surface area (Å²) in [4.78, 5) is 32.0. The molecular formula is C27H29Cl2N5O2. The highest BCUT2D eigenvalue weighted by molar-refractivity contribution is 6.36. The van der Waals surface area contributed by atoms with Crippen molar-refractivity contribution in [2.24, 2.45) is 0 Å². The van der Waals surface area contributed by atoms with E-state index >= 15 is 0 Å². The van der Waals surface area contributed by atoms with Gasteiger partial charge in [0, 0.05) is 42.8 Å². The van der Waals surface area contributed by atoms with E-state index in [1.807, 2.05) is 56.3 Å². The summed E-state index contributed by atoms with van der Waals surface area (Å²) in [5.41, 5.74) is 2.19. The zero-order valence-corrected chi connectivity index (χ0v) is 21.9. The Hall–Kier alpha value is -3.16. The molecular weight excluding hydrogens is 497 g/mol. The molecule has 0 radical (unpaired) electrons. The molecule has 0 spiro atoms. The molecule has 1 aliphatic rings. The summed E-state index contributed by atoms with van der Waals surface area (Å²) in [7, 11) is 0. The van der Waals surface area contributed by atoms with Gasteiger partial charge < -0.3 is 14.7 Å². The van der Waals surface area contributed by atoms with Gasteiger partial charge in [0.2, 0.25) is 5.91 Å². The highest BCUT2D eigenvalue weighted by atomic mass is 35.5. The zero-order valence-electron chi connectivity index (χ0n) is 20.4. The van der Waals surface area contributed by atoms with Crippen molar-refractivity contribution in [1.82, 2.24) is 20.0 Å². The Labute approximate surface area is 221 Å². The number of anilines is 1. The molecule has 0 N–H and O–H groups in total. The predicted octanol–water partition coefficient (Wildman–Crippen LogP) is 5.04. The summed E-state index contributed by atoms with van der Waals surface area (Å²) in [5.74, 6) is 0.432. The van der Waals surface area contributed by atoms with E-state index < -0.39 is 0 Å².